The summed E-state index contributed by atoms with van der Waals surface area (Å²) in [6.45, 7) is 3.94. The van der Waals surface area contributed by atoms with Gasteiger partial charge in [-0.1, -0.05) is 35.3 Å². The molecule has 2 aromatic rings. The second-order valence-electron chi connectivity index (χ2n) is 5.48. The van der Waals surface area contributed by atoms with Crippen molar-refractivity contribution in [3.8, 4) is 0 Å². The monoisotopic (exact) mass is 377 g/mol. The lowest BCUT2D eigenvalue weighted by molar-refractivity contribution is -0.126. The zero-order valence-electron chi connectivity index (χ0n) is 13.8. The van der Waals surface area contributed by atoms with E-state index in [0.29, 0.717) is 21.3 Å². The highest BCUT2D eigenvalue weighted by atomic mass is 35.5. The first kappa shape index (κ1) is 19.0. The van der Waals surface area contributed by atoms with Gasteiger partial charge in [0, 0.05) is 16.3 Å². The van der Waals surface area contributed by atoms with Gasteiger partial charge in [0.05, 0.1) is 11.2 Å². The molecule has 0 aromatic heterocycles. The van der Waals surface area contributed by atoms with Crippen molar-refractivity contribution in [2.75, 3.05) is 5.32 Å². The minimum absolute atomic E-state index is 0.335. The average molecular weight is 378 g/mol. The number of nitrogens with zero attached hydrogens (tertiary/aromatic N) is 1. The van der Waals surface area contributed by atoms with Crippen molar-refractivity contribution in [3.63, 3.8) is 0 Å². The summed E-state index contributed by atoms with van der Waals surface area (Å²) in [5.74, 6) is -0.942. The molecule has 5 nitrogen and oxygen atoms in total. The highest BCUT2D eigenvalue weighted by molar-refractivity contribution is 6.36. The predicted octanol–water partition coefficient (Wildman–Crippen LogP) is 4.09. The Kier molecular flexibility index (Phi) is 6.56. The Morgan fingerprint density at radius 2 is 1.80 bits per heavy atom. The third-order valence-electron chi connectivity index (χ3n) is 3.47. The first-order valence-electron chi connectivity index (χ1n) is 7.49. The Labute approximate surface area is 156 Å². The van der Waals surface area contributed by atoms with E-state index in [-0.39, 0.29) is 6.42 Å². The van der Waals surface area contributed by atoms with Crippen LogP contribution in [0.15, 0.2) is 41.5 Å². The summed E-state index contributed by atoms with van der Waals surface area (Å²) >= 11 is 11.8. The van der Waals surface area contributed by atoms with E-state index in [1.165, 1.54) is 6.21 Å². The Hall–Kier alpha value is -2.37. The van der Waals surface area contributed by atoms with Crippen molar-refractivity contribution in [1.29, 1.82) is 0 Å². The summed E-state index contributed by atoms with van der Waals surface area (Å²) in [5.41, 5.74) is 5.73. The number of hydrazone groups is 1. The van der Waals surface area contributed by atoms with E-state index in [4.69, 9.17) is 23.2 Å². The van der Waals surface area contributed by atoms with Crippen molar-refractivity contribution in [1.82, 2.24) is 5.43 Å². The fourth-order valence-corrected chi connectivity index (χ4v) is 2.45. The molecule has 0 unspecified atom stereocenters. The number of aryl methyl sites for hydroxylation is 2. The van der Waals surface area contributed by atoms with Gasteiger partial charge in [0.2, 0.25) is 11.8 Å². The Balaban J connectivity index is 1.85. The zero-order valence-corrected chi connectivity index (χ0v) is 15.3. The lowest BCUT2D eigenvalue weighted by Crippen LogP contribution is -2.24. The smallest absolute Gasteiger partial charge is 0.249 e. The van der Waals surface area contributed by atoms with Crippen molar-refractivity contribution in [2.45, 2.75) is 20.3 Å². The highest BCUT2D eigenvalue weighted by Crippen LogP contribution is 2.19. The Morgan fingerprint density at radius 1 is 1.04 bits per heavy atom. The first-order valence-corrected chi connectivity index (χ1v) is 8.25. The van der Waals surface area contributed by atoms with Crippen molar-refractivity contribution >= 4 is 46.9 Å². The van der Waals surface area contributed by atoms with Crippen LogP contribution in [0.5, 0.6) is 0 Å². The molecule has 0 saturated heterocycles. The van der Waals surface area contributed by atoms with Crippen LogP contribution in [0, 0.1) is 13.8 Å². The normalized spacial score (nSPS) is 10.7. The zero-order chi connectivity index (χ0) is 18.4. The topological polar surface area (TPSA) is 70.6 Å². The van der Waals surface area contributed by atoms with Crippen LogP contribution in [0.2, 0.25) is 10.0 Å². The summed E-state index contributed by atoms with van der Waals surface area (Å²) in [5, 5.41) is 7.39. The summed E-state index contributed by atoms with van der Waals surface area (Å²) < 4.78 is 0. The molecule has 7 heteroatoms. The fourth-order valence-electron chi connectivity index (χ4n) is 1.99. The molecule has 0 saturated carbocycles. The van der Waals surface area contributed by atoms with Gasteiger partial charge in [-0.3, -0.25) is 9.59 Å². The molecule has 0 fully saturated rings. The third kappa shape index (κ3) is 5.89. The molecule has 0 spiro atoms. The van der Waals surface area contributed by atoms with Gasteiger partial charge in [-0.2, -0.15) is 5.10 Å². The molecule has 0 aliphatic carbocycles. The third-order valence-corrected chi connectivity index (χ3v) is 4.03. The van der Waals surface area contributed by atoms with Crippen LogP contribution < -0.4 is 10.7 Å². The second kappa shape index (κ2) is 8.65. The highest BCUT2D eigenvalue weighted by Gasteiger charge is 2.09. The van der Waals surface area contributed by atoms with E-state index in [1.54, 1.807) is 24.3 Å². The van der Waals surface area contributed by atoms with Gasteiger partial charge in [-0.15, -0.1) is 0 Å². The number of nitrogens with one attached hydrogen (secondary N) is 2. The molecular formula is C18H17Cl2N3O2. The molecule has 0 atom stereocenters. The standard InChI is InChI=1S/C18H17Cl2N3O2/c1-11-3-6-15(7-12(11)2)22-17(24)9-18(25)23-21-10-13-4-5-14(19)8-16(13)20/h3-8,10H,9H2,1-2H3,(H,22,24)(H,23,25). The lowest BCUT2D eigenvalue weighted by Gasteiger charge is -2.07. The van der Waals surface area contributed by atoms with Crippen molar-refractivity contribution in [2.24, 2.45) is 5.10 Å². The molecule has 2 amide bonds. The average Bonchev–Trinajstić information content (AvgIpc) is 2.53. The van der Waals surface area contributed by atoms with E-state index in [1.807, 2.05) is 26.0 Å². The maximum atomic E-state index is 11.9. The molecule has 0 aliphatic heterocycles. The van der Waals surface area contributed by atoms with Crippen LogP contribution in [-0.2, 0) is 9.59 Å². The summed E-state index contributed by atoms with van der Waals surface area (Å²) in [4.78, 5) is 23.6. The van der Waals surface area contributed by atoms with E-state index in [0.717, 1.165) is 11.1 Å². The van der Waals surface area contributed by atoms with Gasteiger partial charge >= 0.3 is 0 Å². The summed E-state index contributed by atoms with van der Waals surface area (Å²) in [6, 6.07) is 10.5. The van der Waals surface area contributed by atoms with Gasteiger partial charge in [0.25, 0.3) is 0 Å². The molecular weight excluding hydrogens is 361 g/mol. The van der Waals surface area contributed by atoms with Gasteiger partial charge < -0.3 is 5.32 Å². The molecule has 130 valence electrons. The minimum atomic E-state index is -0.525. The molecule has 2 aromatic carbocycles. The lowest BCUT2D eigenvalue weighted by atomic mass is 10.1. The summed E-state index contributed by atoms with van der Waals surface area (Å²) in [7, 11) is 0. The molecule has 25 heavy (non-hydrogen) atoms. The van der Waals surface area contributed by atoms with E-state index >= 15 is 0 Å². The quantitative estimate of drug-likeness (QED) is 0.467. The number of halogens is 2. The number of anilines is 1. The predicted molar refractivity (Wildman–Crippen MR) is 101 cm³/mol. The maximum Gasteiger partial charge on any atom is 0.249 e. The van der Waals surface area contributed by atoms with Crippen molar-refractivity contribution < 1.29 is 9.59 Å². The number of hydrogen-bond acceptors (Lipinski definition) is 3. The molecule has 0 heterocycles. The molecule has 2 rings (SSSR count). The number of carbonyl (C=O) groups excluding carboxylic acids is 2. The van der Waals surface area contributed by atoms with Gasteiger partial charge in [0.15, 0.2) is 0 Å². The summed E-state index contributed by atoms with van der Waals surface area (Å²) in [6.07, 6.45) is 1.05. The van der Waals surface area contributed by atoms with Crippen LogP contribution >= 0.6 is 23.2 Å². The van der Waals surface area contributed by atoms with Crippen LogP contribution in [0.1, 0.15) is 23.1 Å². The molecule has 0 aliphatic rings. The van der Waals surface area contributed by atoms with E-state index in [2.05, 4.69) is 15.8 Å². The molecule has 0 radical (unpaired) electrons. The Morgan fingerprint density at radius 3 is 2.48 bits per heavy atom. The van der Waals surface area contributed by atoms with Gasteiger partial charge in [-0.05, 0) is 49.2 Å². The first-order chi connectivity index (χ1) is 11.8. The second-order valence-corrected chi connectivity index (χ2v) is 6.33. The maximum absolute atomic E-state index is 11.9. The van der Waals surface area contributed by atoms with Gasteiger partial charge in [0.1, 0.15) is 6.42 Å². The minimum Gasteiger partial charge on any atom is -0.326 e. The van der Waals surface area contributed by atoms with Crippen LogP contribution in [-0.4, -0.2) is 18.0 Å². The Bertz CT molecular complexity index is 835. The number of hydrogen-bond donors (Lipinski definition) is 2. The van der Waals surface area contributed by atoms with Crippen LogP contribution in [0.25, 0.3) is 0 Å². The SMILES string of the molecule is Cc1ccc(NC(=O)CC(=O)NN=Cc2ccc(Cl)cc2Cl)cc1C. The van der Waals surface area contributed by atoms with E-state index < -0.39 is 11.8 Å². The fraction of sp³-hybridized carbons (Fsp3) is 0.167. The number of rotatable bonds is 5. The number of amides is 2. The van der Waals surface area contributed by atoms with E-state index in [9.17, 15) is 9.59 Å². The molecule has 2 N–H and O–H groups in total. The number of benzene rings is 2. The van der Waals surface area contributed by atoms with Gasteiger partial charge in [-0.25, -0.2) is 5.43 Å². The molecule has 0 bridgehead atoms. The number of carbonyl (C=O) groups is 2. The van der Waals surface area contributed by atoms with Crippen LogP contribution in [0.4, 0.5) is 5.69 Å². The largest absolute Gasteiger partial charge is 0.326 e. The van der Waals surface area contributed by atoms with Crippen LogP contribution in [0.3, 0.4) is 0 Å². The van der Waals surface area contributed by atoms with Crippen molar-refractivity contribution in [3.05, 3.63) is 63.1 Å².